The van der Waals surface area contributed by atoms with Crippen molar-refractivity contribution in [2.24, 2.45) is 0 Å². The van der Waals surface area contributed by atoms with Gasteiger partial charge in [0.2, 0.25) is 11.7 Å². The van der Waals surface area contributed by atoms with Crippen molar-refractivity contribution in [1.29, 1.82) is 0 Å². The Morgan fingerprint density at radius 1 is 0.893 bits per heavy atom. The highest BCUT2D eigenvalue weighted by Crippen LogP contribution is 2.40. The summed E-state index contributed by atoms with van der Waals surface area (Å²) in [6.45, 7) is 2.59. The minimum Gasteiger partial charge on any atom is -0.494 e. The molecule has 0 atom stereocenters. The van der Waals surface area contributed by atoms with Crippen LogP contribution in [-0.4, -0.2) is 37.9 Å². The van der Waals surface area contributed by atoms with E-state index >= 15 is 0 Å². The van der Waals surface area contributed by atoms with Crippen LogP contribution in [0.25, 0.3) is 11.3 Å². The van der Waals surface area contributed by atoms with Crippen LogP contribution in [0.1, 0.15) is 6.92 Å². The Kier molecular flexibility index (Phi) is 6.16. The highest BCUT2D eigenvalue weighted by atomic mass is 16.5. The van der Waals surface area contributed by atoms with Gasteiger partial charge in [0.1, 0.15) is 5.75 Å². The van der Waals surface area contributed by atoms with E-state index in [0.717, 1.165) is 22.7 Å². The second-order valence-corrected chi connectivity index (χ2v) is 5.76. The third-order valence-corrected chi connectivity index (χ3v) is 4.04. The summed E-state index contributed by atoms with van der Waals surface area (Å²) in [6.07, 6.45) is 1.71. The smallest absolute Gasteiger partial charge is 0.227 e. The molecular weight excluding hydrogens is 358 g/mol. The monoisotopic (exact) mass is 381 g/mol. The number of rotatable bonds is 8. The van der Waals surface area contributed by atoms with Crippen LogP contribution >= 0.6 is 0 Å². The lowest BCUT2D eigenvalue weighted by molar-refractivity contribution is 0.324. The van der Waals surface area contributed by atoms with Crippen molar-refractivity contribution >= 4 is 11.6 Å². The van der Waals surface area contributed by atoms with Crippen molar-refractivity contribution < 1.29 is 18.9 Å². The third-order valence-electron chi connectivity index (χ3n) is 4.04. The van der Waals surface area contributed by atoms with E-state index in [4.69, 9.17) is 18.9 Å². The Hall–Kier alpha value is -3.48. The molecular formula is C21H23N3O4. The van der Waals surface area contributed by atoms with Gasteiger partial charge in [-0.3, -0.25) is 0 Å². The molecule has 0 aliphatic heterocycles. The normalized spacial score (nSPS) is 10.3. The van der Waals surface area contributed by atoms with Gasteiger partial charge < -0.3 is 24.3 Å². The van der Waals surface area contributed by atoms with Crippen LogP contribution in [0.3, 0.4) is 0 Å². The van der Waals surface area contributed by atoms with Gasteiger partial charge >= 0.3 is 0 Å². The number of ether oxygens (including phenoxy) is 4. The van der Waals surface area contributed by atoms with E-state index in [1.165, 1.54) is 0 Å². The number of hydrogen-bond acceptors (Lipinski definition) is 7. The minimum atomic E-state index is 0.459. The first-order chi connectivity index (χ1) is 13.7. The van der Waals surface area contributed by atoms with Crippen LogP contribution < -0.4 is 24.3 Å². The zero-order chi connectivity index (χ0) is 19.9. The molecule has 0 bridgehead atoms. The van der Waals surface area contributed by atoms with Crippen LogP contribution in [0.5, 0.6) is 23.0 Å². The van der Waals surface area contributed by atoms with Crippen LogP contribution in [0, 0.1) is 0 Å². The van der Waals surface area contributed by atoms with Crippen molar-refractivity contribution in [3.05, 3.63) is 48.7 Å². The second kappa shape index (κ2) is 8.94. The molecule has 1 N–H and O–H groups in total. The summed E-state index contributed by atoms with van der Waals surface area (Å²) in [4.78, 5) is 8.89. The molecule has 7 heteroatoms. The number of nitrogens with one attached hydrogen (secondary N) is 1. The molecule has 0 spiro atoms. The molecule has 0 unspecified atom stereocenters. The summed E-state index contributed by atoms with van der Waals surface area (Å²) in [5, 5.41) is 3.18. The van der Waals surface area contributed by atoms with Gasteiger partial charge in [0.15, 0.2) is 11.5 Å². The van der Waals surface area contributed by atoms with E-state index in [1.54, 1.807) is 39.7 Å². The molecule has 0 saturated carbocycles. The lowest BCUT2D eigenvalue weighted by atomic mass is 10.1. The van der Waals surface area contributed by atoms with E-state index in [1.807, 2.05) is 37.3 Å². The van der Waals surface area contributed by atoms with E-state index < -0.39 is 0 Å². The van der Waals surface area contributed by atoms with Crippen LogP contribution in [-0.2, 0) is 0 Å². The fourth-order valence-corrected chi connectivity index (χ4v) is 2.75. The van der Waals surface area contributed by atoms with Gasteiger partial charge in [-0.15, -0.1) is 0 Å². The van der Waals surface area contributed by atoms with Gasteiger partial charge in [-0.25, -0.2) is 9.97 Å². The summed E-state index contributed by atoms with van der Waals surface area (Å²) in [6, 6.07) is 13.2. The molecule has 3 aromatic rings. The number of nitrogens with zero attached hydrogens (tertiary/aromatic N) is 2. The highest BCUT2D eigenvalue weighted by Gasteiger charge is 2.14. The van der Waals surface area contributed by atoms with E-state index in [2.05, 4.69) is 15.3 Å². The molecule has 2 aromatic carbocycles. The van der Waals surface area contributed by atoms with Crippen molar-refractivity contribution in [1.82, 2.24) is 9.97 Å². The summed E-state index contributed by atoms with van der Waals surface area (Å²) in [5.41, 5.74) is 2.49. The van der Waals surface area contributed by atoms with E-state index in [9.17, 15) is 0 Å². The van der Waals surface area contributed by atoms with Crippen molar-refractivity contribution in [2.75, 3.05) is 33.3 Å². The standard InChI is InChI=1S/C21H23N3O4/c1-5-28-16-8-6-14(7-9-16)17-10-11-22-21(24-17)23-15-12-18(25-2)20(27-4)19(13-15)26-3/h6-13H,5H2,1-4H3,(H,22,23,24). The molecule has 28 heavy (non-hydrogen) atoms. The Morgan fingerprint density at radius 2 is 1.57 bits per heavy atom. The van der Waals surface area contributed by atoms with Gasteiger partial charge in [0.05, 0.1) is 33.6 Å². The maximum absolute atomic E-state index is 5.48. The lowest BCUT2D eigenvalue weighted by Gasteiger charge is -2.14. The van der Waals surface area contributed by atoms with Crippen LogP contribution in [0.15, 0.2) is 48.7 Å². The number of aromatic nitrogens is 2. The zero-order valence-corrected chi connectivity index (χ0v) is 16.4. The molecule has 0 saturated heterocycles. The molecule has 1 heterocycles. The quantitative estimate of drug-likeness (QED) is 0.623. The zero-order valence-electron chi connectivity index (χ0n) is 16.4. The van der Waals surface area contributed by atoms with Gasteiger partial charge in [-0.05, 0) is 37.3 Å². The molecule has 1 aromatic heterocycles. The average molecular weight is 381 g/mol. The highest BCUT2D eigenvalue weighted by molar-refractivity contribution is 5.67. The topological polar surface area (TPSA) is 74.7 Å². The van der Waals surface area contributed by atoms with Crippen molar-refractivity contribution in [3.8, 4) is 34.3 Å². The summed E-state index contributed by atoms with van der Waals surface area (Å²) in [5.74, 6) is 2.91. The lowest BCUT2D eigenvalue weighted by Crippen LogP contribution is -2.00. The Labute approximate surface area is 164 Å². The van der Waals surface area contributed by atoms with Crippen molar-refractivity contribution in [3.63, 3.8) is 0 Å². The Morgan fingerprint density at radius 3 is 2.14 bits per heavy atom. The Balaban J connectivity index is 1.87. The SMILES string of the molecule is CCOc1ccc(-c2ccnc(Nc3cc(OC)c(OC)c(OC)c3)n2)cc1. The first kappa shape index (κ1) is 19.3. The fourth-order valence-electron chi connectivity index (χ4n) is 2.75. The predicted molar refractivity (Wildman–Crippen MR) is 108 cm³/mol. The molecule has 0 amide bonds. The number of anilines is 2. The van der Waals surface area contributed by atoms with E-state index in [-0.39, 0.29) is 0 Å². The first-order valence-electron chi connectivity index (χ1n) is 8.81. The third kappa shape index (κ3) is 4.25. The Bertz CT molecular complexity index is 904. The predicted octanol–water partition coefficient (Wildman–Crippen LogP) is 4.31. The van der Waals surface area contributed by atoms with Gasteiger partial charge in [0, 0.05) is 29.6 Å². The van der Waals surface area contributed by atoms with Gasteiger partial charge in [-0.1, -0.05) is 0 Å². The molecule has 3 rings (SSSR count). The maximum Gasteiger partial charge on any atom is 0.227 e. The summed E-state index contributed by atoms with van der Waals surface area (Å²) < 4.78 is 21.6. The second-order valence-electron chi connectivity index (χ2n) is 5.76. The first-order valence-corrected chi connectivity index (χ1v) is 8.81. The number of hydrogen-bond donors (Lipinski definition) is 1. The molecule has 0 radical (unpaired) electrons. The average Bonchev–Trinajstić information content (AvgIpc) is 2.74. The molecule has 146 valence electrons. The molecule has 0 aliphatic carbocycles. The minimum absolute atomic E-state index is 0.459. The largest absolute Gasteiger partial charge is 0.494 e. The summed E-state index contributed by atoms with van der Waals surface area (Å²) >= 11 is 0. The van der Waals surface area contributed by atoms with Crippen LogP contribution in [0.2, 0.25) is 0 Å². The fraction of sp³-hybridized carbons (Fsp3) is 0.238. The number of benzene rings is 2. The maximum atomic E-state index is 5.48. The molecule has 0 aliphatic rings. The molecule has 7 nitrogen and oxygen atoms in total. The molecule has 0 fully saturated rings. The van der Waals surface area contributed by atoms with Gasteiger partial charge in [-0.2, -0.15) is 0 Å². The van der Waals surface area contributed by atoms with Gasteiger partial charge in [0.25, 0.3) is 0 Å². The van der Waals surface area contributed by atoms with E-state index in [0.29, 0.717) is 29.8 Å². The summed E-state index contributed by atoms with van der Waals surface area (Å²) in [7, 11) is 4.71. The number of methoxy groups -OCH3 is 3. The van der Waals surface area contributed by atoms with Crippen molar-refractivity contribution in [2.45, 2.75) is 6.92 Å². The van der Waals surface area contributed by atoms with Crippen LogP contribution in [0.4, 0.5) is 11.6 Å².